The SMILES string of the molecule is CCCC(C(=O)O)N(CC(=O)OC)CC(=O)OC. The first-order valence-corrected chi connectivity index (χ1v) is 5.56. The van der Waals surface area contributed by atoms with Crippen molar-refractivity contribution in [2.75, 3.05) is 27.3 Å². The smallest absolute Gasteiger partial charge is 0.320 e. The van der Waals surface area contributed by atoms with Crippen molar-refractivity contribution in [3.8, 4) is 0 Å². The molecule has 0 aromatic heterocycles. The lowest BCUT2D eigenvalue weighted by Gasteiger charge is -2.26. The molecule has 104 valence electrons. The quantitative estimate of drug-likeness (QED) is 0.609. The van der Waals surface area contributed by atoms with Crippen LogP contribution >= 0.6 is 0 Å². The Morgan fingerprint density at radius 2 is 1.56 bits per heavy atom. The fraction of sp³-hybridized carbons (Fsp3) is 0.727. The first kappa shape index (κ1) is 16.4. The van der Waals surface area contributed by atoms with Crippen LogP contribution < -0.4 is 0 Å². The molecule has 0 saturated carbocycles. The van der Waals surface area contributed by atoms with Crippen LogP contribution in [-0.2, 0) is 23.9 Å². The molecular weight excluding hydrogens is 242 g/mol. The lowest BCUT2D eigenvalue weighted by atomic mass is 10.1. The van der Waals surface area contributed by atoms with E-state index < -0.39 is 23.9 Å². The van der Waals surface area contributed by atoms with Crippen molar-refractivity contribution in [3.05, 3.63) is 0 Å². The number of ether oxygens (including phenoxy) is 2. The average Bonchev–Trinajstić information content (AvgIpc) is 2.34. The van der Waals surface area contributed by atoms with Gasteiger partial charge in [-0.2, -0.15) is 0 Å². The third-order valence-corrected chi connectivity index (χ3v) is 2.41. The third-order valence-electron chi connectivity index (χ3n) is 2.41. The number of carboxylic acids is 1. The van der Waals surface area contributed by atoms with Gasteiger partial charge >= 0.3 is 17.9 Å². The van der Waals surface area contributed by atoms with Crippen LogP contribution in [0.15, 0.2) is 0 Å². The number of carboxylic acid groups (broad SMARTS) is 1. The van der Waals surface area contributed by atoms with Gasteiger partial charge in [-0.3, -0.25) is 19.3 Å². The van der Waals surface area contributed by atoms with Crippen molar-refractivity contribution < 1.29 is 29.0 Å². The molecule has 1 atom stereocenters. The van der Waals surface area contributed by atoms with Gasteiger partial charge in [-0.05, 0) is 6.42 Å². The van der Waals surface area contributed by atoms with Crippen LogP contribution in [0.1, 0.15) is 19.8 Å². The van der Waals surface area contributed by atoms with Crippen molar-refractivity contribution in [2.24, 2.45) is 0 Å². The maximum Gasteiger partial charge on any atom is 0.320 e. The average molecular weight is 261 g/mol. The van der Waals surface area contributed by atoms with Gasteiger partial charge in [-0.1, -0.05) is 13.3 Å². The highest BCUT2D eigenvalue weighted by Gasteiger charge is 2.28. The van der Waals surface area contributed by atoms with Crippen LogP contribution in [0.25, 0.3) is 0 Å². The van der Waals surface area contributed by atoms with Gasteiger partial charge in [0.25, 0.3) is 0 Å². The van der Waals surface area contributed by atoms with Gasteiger partial charge < -0.3 is 14.6 Å². The van der Waals surface area contributed by atoms with Crippen molar-refractivity contribution in [2.45, 2.75) is 25.8 Å². The normalized spacial score (nSPS) is 12.0. The second-order valence-corrected chi connectivity index (χ2v) is 3.70. The molecule has 0 rings (SSSR count). The van der Waals surface area contributed by atoms with Crippen molar-refractivity contribution in [3.63, 3.8) is 0 Å². The first-order valence-electron chi connectivity index (χ1n) is 5.56. The van der Waals surface area contributed by atoms with Crippen molar-refractivity contribution in [1.29, 1.82) is 0 Å². The Kier molecular flexibility index (Phi) is 7.69. The number of methoxy groups -OCH3 is 2. The van der Waals surface area contributed by atoms with Gasteiger partial charge in [0.05, 0.1) is 27.3 Å². The van der Waals surface area contributed by atoms with Crippen LogP contribution in [0.4, 0.5) is 0 Å². The molecule has 0 aromatic carbocycles. The summed E-state index contributed by atoms with van der Waals surface area (Å²) < 4.78 is 8.96. The number of nitrogens with zero attached hydrogens (tertiary/aromatic N) is 1. The zero-order valence-electron chi connectivity index (χ0n) is 10.8. The molecule has 0 aliphatic rings. The summed E-state index contributed by atoms with van der Waals surface area (Å²) in [6.45, 7) is 1.30. The monoisotopic (exact) mass is 261 g/mol. The molecule has 7 nitrogen and oxygen atoms in total. The Bertz CT molecular complexity index is 286. The molecule has 1 unspecified atom stereocenters. The standard InChI is InChI=1S/C11H19NO6/c1-4-5-8(11(15)16)12(6-9(13)17-2)7-10(14)18-3/h8H,4-7H2,1-3H3,(H,15,16). The third kappa shape index (κ3) is 5.62. The number of aliphatic carboxylic acids is 1. The molecule has 0 heterocycles. The Labute approximate surface area is 106 Å². The van der Waals surface area contributed by atoms with Gasteiger partial charge in [-0.25, -0.2) is 0 Å². The van der Waals surface area contributed by atoms with Gasteiger partial charge in [-0.15, -0.1) is 0 Å². The molecule has 0 spiro atoms. The minimum absolute atomic E-state index is 0.261. The number of hydrogen-bond acceptors (Lipinski definition) is 6. The summed E-state index contributed by atoms with van der Waals surface area (Å²) in [6.07, 6.45) is 0.957. The lowest BCUT2D eigenvalue weighted by molar-refractivity contribution is -0.151. The van der Waals surface area contributed by atoms with E-state index >= 15 is 0 Å². The van der Waals surface area contributed by atoms with Gasteiger partial charge in [0, 0.05) is 0 Å². The van der Waals surface area contributed by atoms with Crippen LogP contribution in [0.2, 0.25) is 0 Å². The second-order valence-electron chi connectivity index (χ2n) is 3.70. The predicted octanol–water partition coefficient (Wildman–Crippen LogP) is -0.112. The molecule has 0 fully saturated rings. The maximum absolute atomic E-state index is 11.2. The minimum atomic E-state index is -1.08. The predicted molar refractivity (Wildman–Crippen MR) is 61.9 cm³/mol. The Morgan fingerprint density at radius 1 is 1.11 bits per heavy atom. The van der Waals surface area contributed by atoms with E-state index in [4.69, 9.17) is 5.11 Å². The van der Waals surface area contributed by atoms with E-state index in [0.717, 1.165) is 0 Å². The van der Waals surface area contributed by atoms with E-state index in [1.165, 1.54) is 19.1 Å². The highest BCUT2D eigenvalue weighted by molar-refractivity contribution is 5.79. The topological polar surface area (TPSA) is 93.1 Å². The van der Waals surface area contributed by atoms with E-state index in [-0.39, 0.29) is 13.1 Å². The van der Waals surface area contributed by atoms with E-state index in [2.05, 4.69) is 9.47 Å². The van der Waals surface area contributed by atoms with Gasteiger partial charge in [0.2, 0.25) is 0 Å². The van der Waals surface area contributed by atoms with Crippen LogP contribution in [0.3, 0.4) is 0 Å². The fourth-order valence-electron chi connectivity index (χ4n) is 1.47. The number of hydrogen-bond donors (Lipinski definition) is 1. The van der Waals surface area contributed by atoms with Gasteiger partial charge in [0.1, 0.15) is 6.04 Å². The molecule has 0 radical (unpaired) electrons. The molecule has 0 saturated heterocycles. The number of rotatable bonds is 8. The lowest BCUT2D eigenvalue weighted by Crippen LogP contribution is -2.46. The molecule has 18 heavy (non-hydrogen) atoms. The maximum atomic E-state index is 11.2. The summed E-state index contributed by atoms with van der Waals surface area (Å²) >= 11 is 0. The van der Waals surface area contributed by atoms with E-state index in [1.54, 1.807) is 0 Å². The first-order chi connectivity index (χ1) is 8.46. The molecule has 0 aliphatic carbocycles. The highest BCUT2D eigenvalue weighted by atomic mass is 16.5. The summed E-state index contributed by atoms with van der Waals surface area (Å²) in [6, 6.07) is -0.909. The molecular formula is C11H19NO6. The zero-order valence-corrected chi connectivity index (χ0v) is 10.8. The Morgan fingerprint density at radius 3 is 1.83 bits per heavy atom. The molecule has 0 aliphatic heterocycles. The largest absolute Gasteiger partial charge is 0.480 e. The molecule has 0 amide bonds. The Balaban J connectivity index is 4.84. The van der Waals surface area contributed by atoms with E-state index in [0.29, 0.717) is 12.8 Å². The summed E-state index contributed by atoms with van der Waals surface area (Å²) in [5.41, 5.74) is 0. The summed E-state index contributed by atoms with van der Waals surface area (Å²) in [5.74, 6) is -2.27. The number of carbonyl (C=O) groups excluding carboxylic acids is 2. The molecule has 1 N–H and O–H groups in total. The molecule has 7 heteroatoms. The summed E-state index contributed by atoms with van der Waals surface area (Å²) in [4.78, 5) is 34.8. The minimum Gasteiger partial charge on any atom is -0.480 e. The summed E-state index contributed by atoms with van der Waals surface area (Å²) in [7, 11) is 2.41. The Hall–Kier alpha value is -1.63. The van der Waals surface area contributed by atoms with Crippen molar-refractivity contribution in [1.82, 2.24) is 4.90 Å². The second kappa shape index (κ2) is 8.46. The van der Waals surface area contributed by atoms with Crippen LogP contribution in [-0.4, -0.2) is 61.3 Å². The molecule has 0 aromatic rings. The van der Waals surface area contributed by atoms with Crippen LogP contribution in [0.5, 0.6) is 0 Å². The van der Waals surface area contributed by atoms with Crippen LogP contribution in [0, 0.1) is 0 Å². The van der Waals surface area contributed by atoms with E-state index in [1.807, 2.05) is 6.92 Å². The van der Waals surface area contributed by atoms with E-state index in [9.17, 15) is 14.4 Å². The van der Waals surface area contributed by atoms with Gasteiger partial charge in [0.15, 0.2) is 0 Å². The van der Waals surface area contributed by atoms with Crippen molar-refractivity contribution >= 4 is 17.9 Å². The number of carbonyl (C=O) groups is 3. The number of esters is 2. The fourth-order valence-corrected chi connectivity index (χ4v) is 1.47. The zero-order chi connectivity index (χ0) is 14.1. The highest BCUT2D eigenvalue weighted by Crippen LogP contribution is 2.08. The summed E-state index contributed by atoms with van der Waals surface area (Å²) in [5, 5.41) is 9.10. The molecule has 0 bridgehead atoms.